The van der Waals surface area contributed by atoms with Gasteiger partial charge in [-0.05, 0) is 30.8 Å². The summed E-state index contributed by atoms with van der Waals surface area (Å²) in [5, 5.41) is 1.16. The molecular weight excluding hydrogens is 278 g/mol. The first kappa shape index (κ1) is 12.3. The van der Waals surface area contributed by atoms with Crippen LogP contribution in [0.2, 0.25) is 0 Å². The highest BCUT2D eigenvalue weighted by Gasteiger charge is 2.07. The lowest BCUT2D eigenvalue weighted by Gasteiger charge is -2.17. The second-order valence-corrected chi connectivity index (χ2v) is 5.14. The van der Waals surface area contributed by atoms with E-state index in [4.69, 9.17) is 5.73 Å². The van der Waals surface area contributed by atoms with E-state index in [-0.39, 0.29) is 0 Å². The second kappa shape index (κ2) is 5.02. The number of nitrogens with zero attached hydrogens (tertiary/aromatic N) is 2. The minimum Gasteiger partial charge on any atom is -0.377 e. The van der Waals surface area contributed by atoms with E-state index in [1.807, 2.05) is 26.2 Å². The number of aromatic nitrogens is 1. The molecule has 0 radical (unpaired) electrons. The standard InChI is InChI=1S/C13H16BrN3/c1-17(2)13-8-10(5-6-15)16-12-4-3-9(14)7-11(12)13/h3-4,7-8H,5-6,15H2,1-2H3. The Kier molecular flexibility index (Phi) is 3.64. The van der Waals surface area contributed by atoms with Crippen LogP contribution in [0, 0.1) is 0 Å². The Morgan fingerprint density at radius 2 is 2.06 bits per heavy atom. The lowest BCUT2D eigenvalue weighted by Crippen LogP contribution is -2.11. The molecule has 1 heterocycles. The van der Waals surface area contributed by atoms with E-state index < -0.39 is 0 Å². The van der Waals surface area contributed by atoms with Crippen LogP contribution >= 0.6 is 15.9 Å². The van der Waals surface area contributed by atoms with Gasteiger partial charge in [0.05, 0.1) is 5.52 Å². The number of hydrogen-bond acceptors (Lipinski definition) is 3. The molecule has 0 bridgehead atoms. The molecule has 0 fully saturated rings. The molecular formula is C13H16BrN3. The maximum absolute atomic E-state index is 5.59. The minimum atomic E-state index is 0.627. The third kappa shape index (κ3) is 2.58. The summed E-state index contributed by atoms with van der Waals surface area (Å²) in [5.41, 5.74) is 8.84. The Labute approximate surface area is 110 Å². The molecule has 0 spiro atoms. The largest absolute Gasteiger partial charge is 0.377 e. The van der Waals surface area contributed by atoms with Gasteiger partial charge in [0.2, 0.25) is 0 Å². The van der Waals surface area contributed by atoms with Gasteiger partial charge in [-0.15, -0.1) is 0 Å². The van der Waals surface area contributed by atoms with Crippen LogP contribution in [-0.2, 0) is 6.42 Å². The van der Waals surface area contributed by atoms with Gasteiger partial charge in [0.25, 0.3) is 0 Å². The van der Waals surface area contributed by atoms with Gasteiger partial charge < -0.3 is 10.6 Å². The maximum atomic E-state index is 5.59. The maximum Gasteiger partial charge on any atom is 0.0726 e. The molecule has 90 valence electrons. The van der Waals surface area contributed by atoms with E-state index in [9.17, 15) is 0 Å². The molecule has 0 aliphatic carbocycles. The van der Waals surface area contributed by atoms with Gasteiger partial charge in [-0.25, -0.2) is 0 Å². The van der Waals surface area contributed by atoms with Gasteiger partial charge in [0.1, 0.15) is 0 Å². The molecule has 0 aliphatic heterocycles. The van der Waals surface area contributed by atoms with Crippen molar-refractivity contribution < 1.29 is 0 Å². The molecule has 0 saturated carbocycles. The number of rotatable bonds is 3. The van der Waals surface area contributed by atoms with E-state index >= 15 is 0 Å². The van der Waals surface area contributed by atoms with Gasteiger partial charge in [0.15, 0.2) is 0 Å². The van der Waals surface area contributed by atoms with Gasteiger partial charge >= 0.3 is 0 Å². The predicted octanol–water partition coefficient (Wildman–Crippen LogP) is 2.56. The number of pyridine rings is 1. The Bertz CT molecular complexity index is 537. The van der Waals surface area contributed by atoms with Crippen molar-refractivity contribution in [3.8, 4) is 0 Å². The molecule has 2 aromatic rings. The minimum absolute atomic E-state index is 0.627. The molecule has 2 N–H and O–H groups in total. The molecule has 2 rings (SSSR count). The molecule has 0 atom stereocenters. The summed E-state index contributed by atoms with van der Waals surface area (Å²) in [5.74, 6) is 0. The van der Waals surface area contributed by atoms with Crippen LogP contribution in [0.4, 0.5) is 5.69 Å². The highest BCUT2D eigenvalue weighted by Crippen LogP contribution is 2.28. The first-order chi connectivity index (χ1) is 8.11. The molecule has 4 heteroatoms. The highest BCUT2D eigenvalue weighted by atomic mass is 79.9. The molecule has 1 aromatic carbocycles. The van der Waals surface area contributed by atoms with E-state index in [1.165, 1.54) is 5.69 Å². The smallest absolute Gasteiger partial charge is 0.0726 e. The molecule has 3 nitrogen and oxygen atoms in total. The fourth-order valence-electron chi connectivity index (χ4n) is 1.88. The van der Waals surface area contributed by atoms with E-state index in [1.54, 1.807) is 0 Å². The third-order valence-corrected chi connectivity index (χ3v) is 3.18. The Balaban J connectivity index is 2.67. The molecule has 0 amide bonds. The lowest BCUT2D eigenvalue weighted by molar-refractivity contribution is 0.929. The topological polar surface area (TPSA) is 42.1 Å². The zero-order chi connectivity index (χ0) is 12.4. The van der Waals surface area contributed by atoms with Crippen molar-refractivity contribution in [2.75, 3.05) is 25.5 Å². The summed E-state index contributed by atoms with van der Waals surface area (Å²) in [4.78, 5) is 6.73. The SMILES string of the molecule is CN(C)c1cc(CCN)nc2ccc(Br)cc12. The van der Waals surface area contributed by atoms with Crippen LogP contribution in [0.1, 0.15) is 5.69 Å². The van der Waals surface area contributed by atoms with Crippen molar-refractivity contribution in [2.24, 2.45) is 5.73 Å². The van der Waals surface area contributed by atoms with Crippen molar-refractivity contribution >= 4 is 32.5 Å². The average molecular weight is 294 g/mol. The van der Waals surface area contributed by atoms with Crippen molar-refractivity contribution in [1.82, 2.24) is 4.98 Å². The fraction of sp³-hybridized carbons (Fsp3) is 0.308. The second-order valence-electron chi connectivity index (χ2n) is 4.23. The van der Waals surface area contributed by atoms with Crippen molar-refractivity contribution in [3.63, 3.8) is 0 Å². The Hall–Kier alpha value is -1.13. The normalized spacial score (nSPS) is 10.8. The zero-order valence-corrected chi connectivity index (χ0v) is 11.7. The molecule has 0 saturated heterocycles. The van der Waals surface area contributed by atoms with Crippen LogP contribution in [0.5, 0.6) is 0 Å². The molecule has 0 unspecified atom stereocenters. The van der Waals surface area contributed by atoms with Gasteiger partial charge in [-0.1, -0.05) is 15.9 Å². The Morgan fingerprint density at radius 1 is 1.29 bits per heavy atom. The van der Waals surface area contributed by atoms with Gasteiger partial charge in [-0.2, -0.15) is 0 Å². The van der Waals surface area contributed by atoms with Gasteiger partial charge in [0, 0.05) is 41.8 Å². The van der Waals surface area contributed by atoms with E-state index in [0.29, 0.717) is 6.54 Å². The monoisotopic (exact) mass is 293 g/mol. The molecule has 17 heavy (non-hydrogen) atoms. The number of fused-ring (bicyclic) bond motifs is 1. The van der Waals surface area contributed by atoms with Crippen LogP contribution < -0.4 is 10.6 Å². The molecule has 0 aliphatic rings. The summed E-state index contributed by atoms with van der Waals surface area (Å²) in [6, 6.07) is 8.26. The zero-order valence-electron chi connectivity index (χ0n) is 10.1. The van der Waals surface area contributed by atoms with Crippen LogP contribution in [-0.4, -0.2) is 25.6 Å². The average Bonchev–Trinajstić information content (AvgIpc) is 2.28. The van der Waals surface area contributed by atoms with Crippen LogP contribution in [0.25, 0.3) is 10.9 Å². The van der Waals surface area contributed by atoms with Crippen LogP contribution in [0.15, 0.2) is 28.7 Å². The van der Waals surface area contributed by atoms with E-state index in [2.05, 4.69) is 37.9 Å². The summed E-state index contributed by atoms with van der Waals surface area (Å²) >= 11 is 3.50. The van der Waals surface area contributed by atoms with Gasteiger partial charge in [-0.3, -0.25) is 4.98 Å². The summed E-state index contributed by atoms with van der Waals surface area (Å²) in [6.45, 7) is 0.627. The third-order valence-electron chi connectivity index (χ3n) is 2.68. The highest BCUT2D eigenvalue weighted by molar-refractivity contribution is 9.10. The van der Waals surface area contributed by atoms with Crippen molar-refractivity contribution in [1.29, 1.82) is 0 Å². The number of nitrogens with two attached hydrogens (primary N) is 1. The fourth-order valence-corrected chi connectivity index (χ4v) is 2.24. The summed E-state index contributed by atoms with van der Waals surface area (Å²) in [6.07, 6.45) is 0.812. The summed E-state index contributed by atoms with van der Waals surface area (Å²) < 4.78 is 1.07. The van der Waals surface area contributed by atoms with Crippen molar-refractivity contribution in [3.05, 3.63) is 34.4 Å². The van der Waals surface area contributed by atoms with Crippen molar-refractivity contribution in [2.45, 2.75) is 6.42 Å². The number of anilines is 1. The predicted molar refractivity (Wildman–Crippen MR) is 76.5 cm³/mol. The Morgan fingerprint density at radius 3 is 2.71 bits per heavy atom. The molecule has 1 aromatic heterocycles. The lowest BCUT2D eigenvalue weighted by atomic mass is 10.1. The van der Waals surface area contributed by atoms with E-state index in [0.717, 1.165) is 27.5 Å². The first-order valence-electron chi connectivity index (χ1n) is 5.58. The number of hydrogen-bond donors (Lipinski definition) is 1. The summed E-state index contributed by atoms with van der Waals surface area (Å²) in [7, 11) is 4.09. The first-order valence-corrected chi connectivity index (χ1v) is 6.37. The number of benzene rings is 1. The van der Waals surface area contributed by atoms with Crippen LogP contribution in [0.3, 0.4) is 0 Å². The quantitative estimate of drug-likeness (QED) is 0.946. The number of halogens is 1.